The highest BCUT2D eigenvalue weighted by Gasteiger charge is 2.22. The topological polar surface area (TPSA) is 52.6 Å². The number of hydrogen-bond donors (Lipinski definition) is 2. The summed E-state index contributed by atoms with van der Waals surface area (Å²) < 4.78 is 0. The van der Waals surface area contributed by atoms with E-state index in [2.05, 4.69) is 24.1 Å². The van der Waals surface area contributed by atoms with Crippen LogP contribution in [0.25, 0.3) is 0 Å². The van der Waals surface area contributed by atoms with Gasteiger partial charge in [-0.15, -0.1) is 0 Å². The minimum atomic E-state index is -0.706. The molecule has 2 N–H and O–H groups in total. The molecule has 0 aromatic carbocycles. The van der Waals surface area contributed by atoms with Crippen LogP contribution in [0.1, 0.15) is 33.1 Å². The summed E-state index contributed by atoms with van der Waals surface area (Å²) in [7, 11) is 0. The van der Waals surface area contributed by atoms with Gasteiger partial charge in [-0.3, -0.25) is 4.79 Å². The summed E-state index contributed by atoms with van der Waals surface area (Å²) in [6.45, 7) is 8.39. The molecule has 1 rings (SSSR count). The summed E-state index contributed by atoms with van der Waals surface area (Å²) in [5.74, 6) is -0.0989. The van der Waals surface area contributed by atoms with Crippen LogP contribution in [-0.4, -0.2) is 48.2 Å². The lowest BCUT2D eigenvalue weighted by molar-refractivity contribution is -0.137. The molecule has 2 unspecified atom stereocenters. The summed E-state index contributed by atoms with van der Waals surface area (Å²) in [5.41, 5.74) is 0. The SMILES string of the molecule is CCCCN1CC(C)CNC(CC(=O)O)C1. The first kappa shape index (κ1) is 13.5. The van der Waals surface area contributed by atoms with Gasteiger partial charge in [0, 0.05) is 19.1 Å². The van der Waals surface area contributed by atoms with Crippen molar-refractivity contribution >= 4 is 5.97 Å². The fraction of sp³-hybridized carbons (Fsp3) is 0.917. The number of nitrogens with zero attached hydrogens (tertiary/aromatic N) is 1. The Kier molecular flexibility index (Phi) is 5.77. The first-order valence-corrected chi connectivity index (χ1v) is 6.29. The number of nitrogens with one attached hydrogen (secondary N) is 1. The summed E-state index contributed by atoms with van der Waals surface area (Å²) in [4.78, 5) is 13.1. The molecule has 1 aliphatic rings. The zero-order valence-corrected chi connectivity index (χ0v) is 10.4. The molecule has 0 bridgehead atoms. The Morgan fingerprint density at radius 2 is 2.25 bits per heavy atom. The van der Waals surface area contributed by atoms with E-state index in [0.29, 0.717) is 5.92 Å². The number of aliphatic carboxylic acids is 1. The molecular weight excluding hydrogens is 204 g/mol. The average Bonchev–Trinajstić information content (AvgIpc) is 2.37. The molecule has 0 aliphatic carbocycles. The maximum Gasteiger partial charge on any atom is 0.304 e. The maximum absolute atomic E-state index is 10.7. The second-order valence-corrected chi connectivity index (χ2v) is 4.92. The van der Waals surface area contributed by atoms with Crippen molar-refractivity contribution in [2.45, 2.75) is 39.2 Å². The summed E-state index contributed by atoms with van der Waals surface area (Å²) in [5, 5.41) is 12.2. The van der Waals surface area contributed by atoms with Crippen LogP contribution in [0.3, 0.4) is 0 Å². The van der Waals surface area contributed by atoms with Gasteiger partial charge in [0.2, 0.25) is 0 Å². The predicted molar refractivity (Wildman–Crippen MR) is 64.6 cm³/mol. The van der Waals surface area contributed by atoms with E-state index in [1.54, 1.807) is 0 Å². The van der Waals surface area contributed by atoms with Gasteiger partial charge in [0.15, 0.2) is 0 Å². The number of carboxylic acid groups (broad SMARTS) is 1. The summed E-state index contributed by atoms with van der Waals surface area (Å²) >= 11 is 0. The highest BCUT2D eigenvalue weighted by atomic mass is 16.4. The molecule has 2 atom stereocenters. The van der Waals surface area contributed by atoms with Crippen molar-refractivity contribution in [1.29, 1.82) is 0 Å². The number of rotatable bonds is 5. The Bertz CT molecular complexity index is 221. The van der Waals surface area contributed by atoms with Crippen molar-refractivity contribution in [3.05, 3.63) is 0 Å². The maximum atomic E-state index is 10.7. The normalized spacial score (nSPS) is 27.6. The molecule has 1 aliphatic heterocycles. The van der Waals surface area contributed by atoms with E-state index in [1.165, 1.54) is 12.8 Å². The van der Waals surface area contributed by atoms with Crippen LogP contribution < -0.4 is 5.32 Å². The molecule has 4 heteroatoms. The molecule has 0 aromatic heterocycles. The third kappa shape index (κ3) is 4.94. The Balaban J connectivity index is 2.45. The Morgan fingerprint density at radius 1 is 1.50 bits per heavy atom. The highest BCUT2D eigenvalue weighted by molar-refractivity contribution is 5.67. The molecule has 1 fully saturated rings. The van der Waals surface area contributed by atoms with Gasteiger partial charge in [0.25, 0.3) is 0 Å². The molecule has 1 heterocycles. The van der Waals surface area contributed by atoms with Crippen molar-refractivity contribution < 1.29 is 9.90 Å². The number of hydrogen-bond acceptors (Lipinski definition) is 3. The van der Waals surface area contributed by atoms with Crippen LogP contribution in [-0.2, 0) is 4.79 Å². The van der Waals surface area contributed by atoms with E-state index in [0.717, 1.165) is 26.2 Å². The minimum Gasteiger partial charge on any atom is -0.481 e. The molecular formula is C12H24N2O2. The standard InChI is InChI=1S/C12H24N2O2/c1-3-4-5-14-8-10(2)7-13-11(9-14)6-12(15)16/h10-11,13H,3-9H2,1-2H3,(H,15,16). The van der Waals surface area contributed by atoms with Crippen molar-refractivity contribution in [1.82, 2.24) is 10.2 Å². The molecule has 1 saturated heterocycles. The lowest BCUT2D eigenvalue weighted by atomic mass is 10.1. The Morgan fingerprint density at radius 3 is 2.88 bits per heavy atom. The first-order valence-electron chi connectivity index (χ1n) is 6.29. The van der Waals surface area contributed by atoms with Crippen molar-refractivity contribution in [3.8, 4) is 0 Å². The van der Waals surface area contributed by atoms with E-state index in [9.17, 15) is 4.79 Å². The largest absolute Gasteiger partial charge is 0.481 e. The van der Waals surface area contributed by atoms with E-state index in [4.69, 9.17) is 5.11 Å². The molecule has 0 amide bonds. The molecule has 0 aromatic rings. The lowest BCUT2D eigenvalue weighted by Gasteiger charge is -2.24. The molecule has 16 heavy (non-hydrogen) atoms. The first-order chi connectivity index (χ1) is 7.61. The Hall–Kier alpha value is -0.610. The van der Waals surface area contributed by atoms with Crippen LogP contribution in [0.5, 0.6) is 0 Å². The van der Waals surface area contributed by atoms with Crippen LogP contribution >= 0.6 is 0 Å². The van der Waals surface area contributed by atoms with Gasteiger partial charge in [0.1, 0.15) is 0 Å². The predicted octanol–water partition coefficient (Wildman–Crippen LogP) is 1.17. The van der Waals surface area contributed by atoms with Crippen LogP contribution in [0.4, 0.5) is 0 Å². The van der Waals surface area contributed by atoms with Gasteiger partial charge in [-0.05, 0) is 25.4 Å². The van der Waals surface area contributed by atoms with Gasteiger partial charge in [-0.1, -0.05) is 20.3 Å². The van der Waals surface area contributed by atoms with Crippen molar-refractivity contribution in [2.24, 2.45) is 5.92 Å². The summed E-state index contributed by atoms with van der Waals surface area (Å²) in [6.07, 6.45) is 2.63. The van der Waals surface area contributed by atoms with Gasteiger partial charge in [-0.2, -0.15) is 0 Å². The Labute approximate surface area is 98.0 Å². The molecule has 0 radical (unpaired) electrons. The van der Waals surface area contributed by atoms with Gasteiger partial charge in [-0.25, -0.2) is 0 Å². The number of unbranched alkanes of at least 4 members (excludes halogenated alkanes) is 1. The van der Waals surface area contributed by atoms with E-state index in [1.807, 2.05) is 0 Å². The number of carbonyl (C=O) groups is 1. The van der Waals surface area contributed by atoms with Crippen LogP contribution in [0.15, 0.2) is 0 Å². The minimum absolute atomic E-state index is 0.110. The smallest absolute Gasteiger partial charge is 0.304 e. The fourth-order valence-corrected chi connectivity index (χ4v) is 2.24. The second kappa shape index (κ2) is 6.86. The van der Waals surface area contributed by atoms with Crippen molar-refractivity contribution in [2.75, 3.05) is 26.2 Å². The highest BCUT2D eigenvalue weighted by Crippen LogP contribution is 2.09. The zero-order valence-electron chi connectivity index (χ0n) is 10.4. The fourth-order valence-electron chi connectivity index (χ4n) is 2.24. The monoisotopic (exact) mass is 228 g/mol. The van der Waals surface area contributed by atoms with Crippen LogP contribution in [0.2, 0.25) is 0 Å². The molecule has 94 valence electrons. The van der Waals surface area contributed by atoms with Gasteiger partial charge < -0.3 is 15.3 Å². The zero-order chi connectivity index (χ0) is 12.0. The third-order valence-electron chi connectivity index (χ3n) is 3.05. The summed E-state index contributed by atoms with van der Waals surface area (Å²) in [6, 6.07) is 0.110. The van der Waals surface area contributed by atoms with Gasteiger partial charge >= 0.3 is 5.97 Å². The third-order valence-corrected chi connectivity index (χ3v) is 3.05. The quantitative estimate of drug-likeness (QED) is 0.741. The number of carboxylic acids is 1. The van der Waals surface area contributed by atoms with E-state index in [-0.39, 0.29) is 12.5 Å². The van der Waals surface area contributed by atoms with E-state index < -0.39 is 5.97 Å². The molecule has 0 saturated carbocycles. The van der Waals surface area contributed by atoms with Gasteiger partial charge in [0.05, 0.1) is 6.42 Å². The van der Waals surface area contributed by atoms with Crippen molar-refractivity contribution in [3.63, 3.8) is 0 Å². The average molecular weight is 228 g/mol. The van der Waals surface area contributed by atoms with E-state index >= 15 is 0 Å². The molecule has 4 nitrogen and oxygen atoms in total. The lowest BCUT2D eigenvalue weighted by Crippen LogP contribution is -2.39. The molecule has 0 spiro atoms. The van der Waals surface area contributed by atoms with Crippen LogP contribution in [0, 0.1) is 5.92 Å². The second-order valence-electron chi connectivity index (χ2n) is 4.92.